The molecule has 0 amide bonds. The molecule has 0 spiro atoms. The first-order chi connectivity index (χ1) is 14.4. The van der Waals surface area contributed by atoms with Crippen molar-refractivity contribution in [2.24, 2.45) is 11.8 Å². The van der Waals surface area contributed by atoms with Crippen LogP contribution in [0.5, 0.6) is 0 Å². The molecule has 0 heterocycles. The van der Waals surface area contributed by atoms with E-state index in [1.807, 2.05) is 13.0 Å². The number of aliphatic hydroxyl groups excluding tert-OH is 1. The Hall–Kier alpha value is -2.20. The molecule has 0 saturated heterocycles. The Labute approximate surface area is 180 Å². The van der Waals surface area contributed by atoms with Crippen LogP contribution in [-0.2, 0) is 11.2 Å². The Bertz CT molecular complexity index is 1020. The summed E-state index contributed by atoms with van der Waals surface area (Å²) < 4.78 is 28.6. The largest absolute Gasteiger partial charge is 0.512 e. The summed E-state index contributed by atoms with van der Waals surface area (Å²) in [5.41, 5.74) is 2.40. The van der Waals surface area contributed by atoms with E-state index in [-0.39, 0.29) is 22.1 Å². The number of carbonyl (C=O) groups excluding carboxylic acids is 1. The van der Waals surface area contributed by atoms with Crippen LogP contribution in [0.15, 0.2) is 36.1 Å². The summed E-state index contributed by atoms with van der Waals surface area (Å²) in [7, 11) is 0. The number of fused-ring (bicyclic) bond motifs is 5. The number of hydrogen-bond acceptors (Lipinski definition) is 2. The maximum Gasteiger partial charge on any atom is 0.178 e. The maximum atomic E-state index is 14.6. The van der Waals surface area contributed by atoms with Crippen molar-refractivity contribution in [3.05, 3.63) is 63.9 Å². The van der Waals surface area contributed by atoms with Crippen molar-refractivity contribution < 1.29 is 18.7 Å². The van der Waals surface area contributed by atoms with Gasteiger partial charge in [0.15, 0.2) is 17.4 Å². The molecule has 30 heavy (non-hydrogen) atoms. The summed E-state index contributed by atoms with van der Waals surface area (Å²) >= 11 is 5.69. The second-order valence-electron chi connectivity index (χ2n) is 8.49. The van der Waals surface area contributed by atoms with E-state index in [1.165, 1.54) is 12.1 Å². The molecule has 2 bridgehead atoms. The lowest BCUT2D eigenvalue weighted by atomic mass is 9.79. The Balaban J connectivity index is 1.86. The number of halogens is 3. The zero-order valence-electron chi connectivity index (χ0n) is 17.0. The van der Waals surface area contributed by atoms with Crippen molar-refractivity contribution in [3.63, 3.8) is 0 Å². The highest BCUT2D eigenvalue weighted by Gasteiger charge is 2.31. The number of carbonyl (C=O) groups is 1. The van der Waals surface area contributed by atoms with E-state index in [4.69, 9.17) is 11.6 Å². The molecule has 2 aromatic carbocycles. The molecular weight excluding hydrogens is 406 g/mol. The summed E-state index contributed by atoms with van der Waals surface area (Å²) in [6.07, 6.45) is 5.68. The lowest BCUT2D eigenvalue weighted by molar-refractivity contribution is -0.114. The smallest absolute Gasteiger partial charge is 0.178 e. The number of aryl methyl sites for hydroxylation is 1. The van der Waals surface area contributed by atoms with Gasteiger partial charge in [-0.2, -0.15) is 0 Å². The minimum Gasteiger partial charge on any atom is -0.512 e. The van der Waals surface area contributed by atoms with E-state index >= 15 is 0 Å². The van der Waals surface area contributed by atoms with Crippen LogP contribution in [0.1, 0.15) is 56.6 Å². The highest BCUT2D eigenvalue weighted by atomic mass is 35.5. The van der Waals surface area contributed by atoms with Crippen molar-refractivity contribution in [2.45, 2.75) is 51.9 Å². The maximum absolute atomic E-state index is 14.6. The number of allylic oxidation sites excluding steroid dienone is 2. The molecular formula is C25H25ClF2O2. The minimum absolute atomic E-state index is 0.0605. The van der Waals surface area contributed by atoms with Gasteiger partial charge in [0, 0.05) is 18.4 Å². The fraction of sp³-hybridized carbons (Fsp3) is 0.400. The van der Waals surface area contributed by atoms with Gasteiger partial charge in [-0.05, 0) is 78.8 Å². The van der Waals surface area contributed by atoms with Gasteiger partial charge in [-0.25, -0.2) is 8.78 Å². The number of aliphatic hydroxyl groups is 1. The molecule has 0 atom stereocenters. The third-order valence-corrected chi connectivity index (χ3v) is 6.89. The van der Waals surface area contributed by atoms with Crippen LogP contribution >= 0.6 is 11.6 Å². The molecule has 5 heteroatoms. The molecule has 1 saturated carbocycles. The molecule has 3 aliphatic rings. The fourth-order valence-corrected chi connectivity index (χ4v) is 5.03. The second kappa shape index (κ2) is 8.50. The quantitative estimate of drug-likeness (QED) is 0.519. The average molecular weight is 431 g/mol. The van der Waals surface area contributed by atoms with Crippen molar-refractivity contribution in [3.8, 4) is 11.1 Å². The summed E-state index contributed by atoms with van der Waals surface area (Å²) in [5, 5.41) is 10.7. The molecule has 0 unspecified atom stereocenters. The van der Waals surface area contributed by atoms with E-state index < -0.39 is 11.6 Å². The van der Waals surface area contributed by atoms with E-state index in [0.717, 1.165) is 31.2 Å². The third-order valence-electron chi connectivity index (χ3n) is 6.60. The van der Waals surface area contributed by atoms with Gasteiger partial charge in [0.05, 0.1) is 10.6 Å². The first-order valence-electron chi connectivity index (χ1n) is 10.6. The summed E-state index contributed by atoms with van der Waals surface area (Å²) in [5.74, 6) is -1.30. The highest BCUT2D eigenvalue weighted by Crippen LogP contribution is 2.40. The molecule has 0 aromatic heterocycles. The fourth-order valence-electron chi connectivity index (χ4n) is 4.88. The van der Waals surface area contributed by atoms with Crippen LogP contribution < -0.4 is 0 Å². The van der Waals surface area contributed by atoms with Crippen LogP contribution in [0.3, 0.4) is 0 Å². The molecule has 5 rings (SSSR count). The van der Waals surface area contributed by atoms with E-state index in [1.54, 1.807) is 12.1 Å². The number of benzene rings is 2. The Morgan fingerprint density at radius 2 is 1.63 bits per heavy atom. The van der Waals surface area contributed by atoms with Crippen molar-refractivity contribution in [1.82, 2.24) is 0 Å². The van der Waals surface area contributed by atoms with Crippen LogP contribution in [0.2, 0.25) is 5.02 Å². The van der Waals surface area contributed by atoms with Crippen LogP contribution in [0.4, 0.5) is 8.78 Å². The normalized spacial score (nSPS) is 24.5. The molecule has 158 valence electrons. The van der Waals surface area contributed by atoms with Crippen LogP contribution in [0.25, 0.3) is 16.7 Å². The van der Waals surface area contributed by atoms with Gasteiger partial charge in [-0.3, -0.25) is 4.79 Å². The summed E-state index contributed by atoms with van der Waals surface area (Å²) in [6, 6.07) is 8.00. The van der Waals surface area contributed by atoms with Gasteiger partial charge in [-0.15, -0.1) is 0 Å². The van der Waals surface area contributed by atoms with Crippen molar-refractivity contribution in [1.29, 1.82) is 0 Å². The van der Waals surface area contributed by atoms with E-state index in [2.05, 4.69) is 0 Å². The van der Waals surface area contributed by atoms with E-state index in [0.29, 0.717) is 47.8 Å². The number of Topliss-reactive ketones (excluding diaryl/α,β-unsaturated/α-hetero) is 1. The minimum atomic E-state index is -1.09. The zero-order valence-corrected chi connectivity index (χ0v) is 17.7. The van der Waals surface area contributed by atoms with Gasteiger partial charge in [0.2, 0.25) is 0 Å². The highest BCUT2D eigenvalue weighted by molar-refractivity contribution is 6.30. The molecule has 0 radical (unpaired) electrons. The summed E-state index contributed by atoms with van der Waals surface area (Å²) in [4.78, 5) is 13.2. The average Bonchev–Trinajstić information content (AvgIpc) is 2.82. The van der Waals surface area contributed by atoms with Gasteiger partial charge in [0.1, 0.15) is 5.76 Å². The lowest BCUT2D eigenvalue weighted by Gasteiger charge is -2.26. The second-order valence-corrected chi connectivity index (χ2v) is 8.90. The number of ketones is 1. The first-order valence-corrected chi connectivity index (χ1v) is 11.0. The van der Waals surface area contributed by atoms with Gasteiger partial charge >= 0.3 is 0 Å². The number of hydrogen-bond donors (Lipinski definition) is 1. The Morgan fingerprint density at radius 3 is 2.30 bits per heavy atom. The third kappa shape index (κ3) is 3.90. The molecule has 1 fully saturated rings. The topological polar surface area (TPSA) is 37.3 Å². The monoisotopic (exact) mass is 430 g/mol. The van der Waals surface area contributed by atoms with E-state index in [9.17, 15) is 18.7 Å². The predicted molar refractivity (Wildman–Crippen MR) is 115 cm³/mol. The Morgan fingerprint density at radius 1 is 0.967 bits per heavy atom. The molecule has 0 aliphatic heterocycles. The summed E-state index contributed by atoms with van der Waals surface area (Å²) in [6.45, 7) is 1.97. The van der Waals surface area contributed by atoms with Gasteiger partial charge in [0.25, 0.3) is 0 Å². The van der Waals surface area contributed by atoms with Crippen molar-refractivity contribution in [2.75, 3.05) is 0 Å². The standard InChI is InChI=1S/C25H25ClF2O2/c1-2-16-7-8-17(18-9-10-20(26)25(28)24(18)27)13-19(16)23-21(29)11-14-3-4-15(6-5-14)12-22(23)30/h7-10,13-15,29H,2-6,11-12H2,1H3/b23-21+/t14-,15+. The Kier molecular flexibility index (Phi) is 5.97. The van der Waals surface area contributed by atoms with Gasteiger partial charge in [-0.1, -0.05) is 30.7 Å². The van der Waals surface area contributed by atoms with Crippen LogP contribution in [-0.4, -0.2) is 10.9 Å². The van der Waals surface area contributed by atoms with Crippen LogP contribution in [0, 0.1) is 23.5 Å². The molecule has 2 nitrogen and oxygen atoms in total. The zero-order chi connectivity index (χ0) is 21.4. The lowest BCUT2D eigenvalue weighted by Crippen LogP contribution is -2.15. The predicted octanol–water partition coefficient (Wildman–Crippen LogP) is 7.29. The first kappa shape index (κ1) is 21.0. The SMILES string of the molecule is CCc1ccc(-c2ccc(Cl)c(F)c2F)cc1/C1=C(\O)C[C@H]2CC[C@H](CC2)CC1=O. The van der Waals surface area contributed by atoms with Crippen molar-refractivity contribution >= 4 is 23.0 Å². The molecule has 2 aromatic rings. The molecule has 1 N–H and O–H groups in total. The van der Waals surface area contributed by atoms with Gasteiger partial charge < -0.3 is 5.11 Å². The number of rotatable bonds is 3. The molecule has 3 aliphatic carbocycles.